The number of carbonyl (C=O) groups excluding carboxylic acids is 2. The van der Waals surface area contributed by atoms with Crippen LogP contribution < -0.4 is 5.01 Å². The Bertz CT molecular complexity index is 911. The number of rotatable bonds is 5. The fourth-order valence-electron chi connectivity index (χ4n) is 2.87. The summed E-state index contributed by atoms with van der Waals surface area (Å²) in [5.74, 6) is -0.381. The van der Waals surface area contributed by atoms with E-state index >= 15 is 0 Å². The molecule has 1 aromatic heterocycles. The summed E-state index contributed by atoms with van der Waals surface area (Å²) in [4.78, 5) is 25.9. The zero-order valence-corrected chi connectivity index (χ0v) is 15.4. The highest BCUT2D eigenvalue weighted by molar-refractivity contribution is 6.30. The van der Waals surface area contributed by atoms with E-state index in [1.54, 1.807) is 41.1 Å². The Labute approximate surface area is 157 Å². The van der Waals surface area contributed by atoms with E-state index in [1.165, 1.54) is 5.01 Å². The maximum absolute atomic E-state index is 13.1. The number of halogens is 1. The normalized spacial score (nSPS) is 10.6. The van der Waals surface area contributed by atoms with E-state index < -0.39 is 0 Å². The average Bonchev–Trinajstić information content (AvgIpc) is 2.99. The van der Waals surface area contributed by atoms with Crippen LogP contribution in [0.15, 0.2) is 66.7 Å². The van der Waals surface area contributed by atoms with E-state index in [4.69, 9.17) is 11.6 Å². The van der Waals surface area contributed by atoms with E-state index in [-0.39, 0.29) is 18.2 Å². The second-order valence-electron chi connectivity index (χ2n) is 6.09. The molecule has 0 N–H and O–H groups in total. The van der Waals surface area contributed by atoms with Gasteiger partial charge < -0.3 is 0 Å². The third-order valence-electron chi connectivity index (χ3n) is 4.19. The zero-order valence-electron chi connectivity index (χ0n) is 14.6. The molecule has 3 aromatic rings. The Balaban J connectivity index is 1.98. The number of benzene rings is 2. The highest BCUT2D eigenvalue weighted by Gasteiger charge is 2.23. The Morgan fingerprint density at radius 1 is 0.846 bits per heavy atom. The van der Waals surface area contributed by atoms with Gasteiger partial charge in [0.1, 0.15) is 6.54 Å². The van der Waals surface area contributed by atoms with Crippen LogP contribution in [0.2, 0.25) is 5.02 Å². The van der Waals surface area contributed by atoms with Crippen LogP contribution in [0.1, 0.15) is 32.1 Å². The van der Waals surface area contributed by atoms with Crippen LogP contribution in [0.4, 0.5) is 0 Å². The highest BCUT2D eigenvalue weighted by Crippen LogP contribution is 2.15. The highest BCUT2D eigenvalue weighted by atomic mass is 35.5. The van der Waals surface area contributed by atoms with Crippen LogP contribution in [0.5, 0.6) is 0 Å². The van der Waals surface area contributed by atoms with Crippen LogP contribution in [-0.4, -0.2) is 22.9 Å². The number of carbonyl (C=O) groups is 2. The first kappa shape index (κ1) is 18.0. The standard InChI is InChI=1S/C21H19ClN2O2/c1-15-8-9-16(2)24(15)23(14-20(25)17-6-4-3-5-7-17)21(26)18-10-12-19(22)13-11-18/h3-13H,14H2,1-2H3. The Morgan fingerprint density at radius 2 is 1.42 bits per heavy atom. The van der Waals surface area contributed by atoms with Gasteiger partial charge in [-0.2, -0.15) is 0 Å². The minimum atomic E-state index is -0.256. The number of aryl methyl sites for hydroxylation is 2. The minimum Gasteiger partial charge on any atom is -0.292 e. The lowest BCUT2D eigenvalue weighted by molar-refractivity contribution is 0.0908. The number of aromatic nitrogens is 1. The lowest BCUT2D eigenvalue weighted by Gasteiger charge is -2.26. The molecule has 0 spiro atoms. The monoisotopic (exact) mass is 366 g/mol. The predicted octanol–water partition coefficient (Wildman–Crippen LogP) is 4.42. The molecule has 5 heteroatoms. The Kier molecular flexibility index (Phi) is 5.24. The summed E-state index contributed by atoms with van der Waals surface area (Å²) in [5.41, 5.74) is 2.81. The fraction of sp³-hybridized carbons (Fsp3) is 0.143. The molecule has 0 aliphatic heterocycles. The van der Waals surface area contributed by atoms with Crippen molar-refractivity contribution in [1.29, 1.82) is 0 Å². The number of amides is 1. The lowest BCUT2D eigenvalue weighted by atomic mass is 10.1. The molecule has 4 nitrogen and oxygen atoms in total. The van der Waals surface area contributed by atoms with Crippen molar-refractivity contribution in [3.05, 3.63) is 94.3 Å². The topological polar surface area (TPSA) is 42.3 Å². The predicted molar refractivity (Wildman–Crippen MR) is 104 cm³/mol. The number of nitrogens with zero attached hydrogens (tertiary/aromatic N) is 2. The Morgan fingerprint density at radius 3 is 2.00 bits per heavy atom. The van der Waals surface area contributed by atoms with Crippen LogP contribution in [0.3, 0.4) is 0 Å². The van der Waals surface area contributed by atoms with Gasteiger partial charge in [-0.1, -0.05) is 41.9 Å². The molecule has 0 atom stereocenters. The molecule has 132 valence electrons. The second-order valence-corrected chi connectivity index (χ2v) is 6.52. The number of ketones is 1. The molecule has 1 amide bonds. The molecule has 0 aliphatic carbocycles. The van der Waals surface area contributed by atoms with Gasteiger partial charge in [0.15, 0.2) is 5.78 Å². The van der Waals surface area contributed by atoms with Crippen molar-refractivity contribution in [3.8, 4) is 0 Å². The maximum atomic E-state index is 13.1. The van der Waals surface area contributed by atoms with Crippen LogP contribution in [-0.2, 0) is 0 Å². The van der Waals surface area contributed by atoms with Gasteiger partial charge in [-0.05, 0) is 50.2 Å². The molecule has 0 unspecified atom stereocenters. The van der Waals surface area contributed by atoms with Crippen molar-refractivity contribution in [2.24, 2.45) is 0 Å². The van der Waals surface area contributed by atoms with Gasteiger partial charge in [0.2, 0.25) is 0 Å². The van der Waals surface area contributed by atoms with E-state index in [9.17, 15) is 9.59 Å². The second kappa shape index (κ2) is 7.58. The molecular weight excluding hydrogens is 348 g/mol. The van der Waals surface area contributed by atoms with Gasteiger partial charge in [0.25, 0.3) is 5.91 Å². The largest absolute Gasteiger partial charge is 0.292 e. The van der Waals surface area contributed by atoms with Crippen molar-refractivity contribution < 1.29 is 9.59 Å². The van der Waals surface area contributed by atoms with E-state index in [0.717, 1.165) is 11.4 Å². The summed E-state index contributed by atoms with van der Waals surface area (Å²) in [6.45, 7) is 3.76. The lowest BCUT2D eigenvalue weighted by Crippen LogP contribution is -2.45. The van der Waals surface area contributed by atoms with Gasteiger partial charge in [0, 0.05) is 27.5 Å². The number of Topliss-reactive ketones (excluding diaryl/α,β-unsaturated/α-hetero) is 1. The van der Waals surface area contributed by atoms with Crippen molar-refractivity contribution >= 4 is 23.3 Å². The summed E-state index contributed by atoms with van der Waals surface area (Å²) < 4.78 is 1.78. The van der Waals surface area contributed by atoms with E-state index in [0.29, 0.717) is 16.1 Å². The number of hydrogen-bond donors (Lipinski definition) is 0. The van der Waals surface area contributed by atoms with Crippen molar-refractivity contribution in [2.75, 3.05) is 11.6 Å². The molecule has 0 radical (unpaired) electrons. The average molecular weight is 367 g/mol. The first-order valence-electron chi connectivity index (χ1n) is 8.28. The molecule has 0 bridgehead atoms. The van der Waals surface area contributed by atoms with Crippen LogP contribution in [0, 0.1) is 13.8 Å². The molecular formula is C21H19ClN2O2. The molecule has 26 heavy (non-hydrogen) atoms. The SMILES string of the molecule is Cc1ccc(C)n1N(CC(=O)c1ccccc1)C(=O)c1ccc(Cl)cc1. The summed E-state index contributed by atoms with van der Waals surface area (Å²) >= 11 is 5.93. The first-order chi connectivity index (χ1) is 12.5. The molecule has 0 saturated heterocycles. The molecule has 1 heterocycles. The van der Waals surface area contributed by atoms with Crippen molar-refractivity contribution in [1.82, 2.24) is 4.68 Å². The molecule has 0 fully saturated rings. The summed E-state index contributed by atoms with van der Waals surface area (Å²) in [6, 6.07) is 19.5. The van der Waals surface area contributed by atoms with Crippen molar-refractivity contribution in [3.63, 3.8) is 0 Å². The quantitative estimate of drug-likeness (QED) is 0.627. The Hall–Kier alpha value is -2.85. The third-order valence-corrected chi connectivity index (χ3v) is 4.44. The van der Waals surface area contributed by atoms with Crippen LogP contribution in [0.25, 0.3) is 0 Å². The van der Waals surface area contributed by atoms with Gasteiger partial charge in [-0.3, -0.25) is 14.3 Å². The number of hydrogen-bond acceptors (Lipinski definition) is 2. The maximum Gasteiger partial charge on any atom is 0.273 e. The minimum absolute atomic E-state index is 0.0537. The molecule has 2 aromatic carbocycles. The van der Waals surface area contributed by atoms with E-state index in [1.807, 2.05) is 44.2 Å². The first-order valence-corrected chi connectivity index (χ1v) is 8.66. The van der Waals surface area contributed by atoms with Gasteiger partial charge >= 0.3 is 0 Å². The zero-order chi connectivity index (χ0) is 18.7. The van der Waals surface area contributed by atoms with E-state index in [2.05, 4.69) is 0 Å². The summed E-state index contributed by atoms with van der Waals surface area (Å²) in [6.07, 6.45) is 0. The summed E-state index contributed by atoms with van der Waals surface area (Å²) in [5, 5.41) is 2.03. The van der Waals surface area contributed by atoms with Gasteiger partial charge in [0.05, 0.1) is 0 Å². The molecule has 0 saturated carbocycles. The van der Waals surface area contributed by atoms with Crippen molar-refractivity contribution in [2.45, 2.75) is 13.8 Å². The molecule has 3 rings (SSSR count). The van der Waals surface area contributed by atoms with Gasteiger partial charge in [-0.25, -0.2) is 5.01 Å². The smallest absolute Gasteiger partial charge is 0.273 e. The fourth-order valence-corrected chi connectivity index (χ4v) is 2.99. The molecule has 0 aliphatic rings. The van der Waals surface area contributed by atoms with Gasteiger partial charge in [-0.15, -0.1) is 0 Å². The van der Waals surface area contributed by atoms with Crippen LogP contribution >= 0.6 is 11.6 Å². The third kappa shape index (κ3) is 3.70. The summed E-state index contributed by atoms with van der Waals surface area (Å²) in [7, 11) is 0.